The van der Waals surface area contributed by atoms with Gasteiger partial charge in [-0.25, -0.2) is 0 Å². The summed E-state index contributed by atoms with van der Waals surface area (Å²) in [6, 6.07) is 0.637. The van der Waals surface area contributed by atoms with Gasteiger partial charge in [-0.2, -0.15) is 0 Å². The Labute approximate surface area is 70.8 Å². The topological polar surface area (TPSA) is 29.3 Å². The molecule has 2 nitrogen and oxygen atoms in total. The quantitative estimate of drug-likeness (QED) is 0.671. The van der Waals surface area contributed by atoms with Gasteiger partial charge in [-0.05, 0) is 47.7 Å². The van der Waals surface area contributed by atoms with Crippen LogP contribution in [0, 0.1) is 0 Å². The fourth-order valence-electron chi connectivity index (χ4n) is 0.839. The van der Waals surface area contributed by atoms with Gasteiger partial charge in [0.2, 0.25) is 0 Å². The van der Waals surface area contributed by atoms with Crippen LogP contribution in [-0.2, 0) is 0 Å². The second-order valence-electron chi connectivity index (χ2n) is 4.34. The van der Waals surface area contributed by atoms with E-state index in [-0.39, 0.29) is 5.54 Å². The first-order valence-corrected chi connectivity index (χ1v) is 4.28. The van der Waals surface area contributed by atoms with E-state index in [2.05, 4.69) is 39.8 Å². The van der Waals surface area contributed by atoms with E-state index >= 15 is 0 Å². The molecule has 1 unspecified atom stereocenters. The number of rotatable bonds is 4. The number of nitrogens with zero attached hydrogens (tertiary/aromatic N) is 1. The number of hydrogen-bond acceptors (Lipinski definition) is 2. The molecule has 1 atom stereocenters. The van der Waals surface area contributed by atoms with Gasteiger partial charge in [0.15, 0.2) is 0 Å². The van der Waals surface area contributed by atoms with Crippen LogP contribution in [0.3, 0.4) is 0 Å². The minimum absolute atomic E-state index is 0.00965. The average Bonchev–Trinajstić information content (AvgIpc) is 1.80. The Morgan fingerprint density at radius 1 is 1.36 bits per heavy atom. The maximum Gasteiger partial charge on any atom is 0.00976 e. The second kappa shape index (κ2) is 4.07. The van der Waals surface area contributed by atoms with Gasteiger partial charge in [0.05, 0.1) is 0 Å². The minimum atomic E-state index is -0.00965. The lowest BCUT2D eigenvalue weighted by Gasteiger charge is -2.24. The van der Waals surface area contributed by atoms with Gasteiger partial charge in [0.25, 0.3) is 0 Å². The Hall–Kier alpha value is -0.0800. The third-order valence-electron chi connectivity index (χ3n) is 2.09. The van der Waals surface area contributed by atoms with Crippen LogP contribution in [0.5, 0.6) is 0 Å². The first-order chi connectivity index (χ1) is 4.83. The summed E-state index contributed by atoms with van der Waals surface area (Å²) in [4.78, 5) is 2.23. The first kappa shape index (κ1) is 10.9. The van der Waals surface area contributed by atoms with Crippen molar-refractivity contribution in [3.05, 3.63) is 0 Å². The van der Waals surface area contributed by atoms with E-state index in [0.29, 0.717) is 6.04 Å². The highest BCUT2D eigenvalue weighted by Gasteiger charge is 2.13. The maximum atomic E-state index is 5.87. The van der Waals surface area contributed by atoms with Crippen molar-refractivity contribution >= 4 is 0 Å². The normalized spacial score (nSPS) is 15.5. The summed E-state index contributed by atoms with van der Waals surface area (Å²) >= 11 is 0. The van der Waals surface area contributed by atoms with Crippen LogP contribution < -0.4 is 5.73 Å². The zero-order valence-corrected chi connectivity index (χ0v) is 8.52. The molecule has 0 aromatic rings. The second-order valence-corrected chi connectivity index (χ2v) is 4.34. The van der Waals surface area contributed by atoms with Crippen molar-refractivity contribution in [1.82, 2.24) is 4.90 Å². The highest BCUT2D eigenvalue weighted by Crippen LogP contribution is 2.11. The van der Waals surface area contributed by atoms with Crippen LogP contribution in [0.4, 0.5) is 0 Å². The van der Waals surface area contributed by atoms with Gasteiger partial charge in [-0.1, -0.05) is 0 Å². The lowest BCUT2D eigenvalue weighted by molar-refractivity contribution is 0.275. The summed E-state index contributed by atoms with van der Waals surface area (Å²) in [6.45, 7) is 6.39. The van der Waals surface area contributed by atoms with Crippen molar-refractivity contribution in [3.8, 4) is 0 Å². The molecule has 0 aromatic carbocycles. The van der Waals surface area contributed by atoms with E-state index in [4.69, 9.17) is 5.73 Å². The van der Waals surface area contributed by atoms with E-state index in [9.17, 15) is 0 Å². The number of hydrogen-bond donors (Lipinski definition) is 1. The van der Waals surface area contributed by atoms with Gasteiger partial charge >= 0.3 is 0 Å². The monoisotopic (exact) mass is 158 g/mol. The predicted molar refractivity (Wildman–Crippen MR) is 50.6 cm³/mol. The summed E-state index contributed by atoms with van der Waals surface area (Å²) in [6.07, 6.45) is 2.27. The summed E-state index contributed by atoms with van der Waals surface area (Å²) < 4.78 is 0. The molecule has 0 aliphatic carbocycles. The van der Waals surface area contributed by atoms with E-state index in [1.165, 1.54) is 6.42 Å². The SMILES string of the molecule is CC(CCC(C)(C)N)N(C)C. The molecule has 2 N–H and O–H groups in total. The van der Waals surface area contributed by atoms with Crippen LogP contribution in [0.25, 0.3) is 0 Å². The maximum absolute atomic E-state index is 5.87. The fraction of sp³-hybridized carbons (Fsp3) is 1.00. The molecule has 0 saturated carbocycles. The van der Waals surface area contributed by atoms with Crippen LogP contribution in [0.2, 0.25) is 0 Å². The zero-order chi connectivity index (χ0) is 9.07. The fourth-order valence-corrected chi connectivity index (χ4v) is 0.839. The zero-order valence-electron chi connectivity index (χ0n) is 8.52. The molecule has 0 aromatic heterocycles. The molecule has 0 aliphatic rings. The molecule has 0 amide bonds. The number of nitrogens with two attached hydrogens (primary N) is 1. The third kappa shape index (κ3) is 6.32. The average molecular weight is 158 g/mol. The molecule has 0 bridgehead atoms. The van der Waals surface area contributed by atoms with Crippen molar-refractivity contribution < 1.29 is 0 Å². The molecule has 0 rings (SSSR count). The van der Waals surface area contributed by atoms with Crippen LogP contribution in [0.1, 0.15) is 33.6 Å². The molecular weight excluding hydrogens is 136 g/mol. The molecule has 0 aliphatic heterocycles. The van der Waals surface area contributed by atoms with E-state index < -0.39 is 0 Å². The molecular formula is C9H22N2. The Morgan fingerprint density at radius 3 is 2.09 bits per heavy atom. The standard InChI is InChI=1S/C9H22N2/c1-8(11(4)5)6-7-9(2,3)10/h8H,6-7,10H2,1-5H3. The largest absolute Gasteiger partial charge is 0.326 e. The molecule has 2 heteroatoms. The van der Waals surface area contributed by atoms with Crippen molar-refractivity contribution in [2.75, 3.05) is 14.1 Å². The van der Waals surface area contributed by atoms with Crippen molar-refractivity contribution in [3.63, 3.8) is 0 Å². The predicted octanol–water partition coefficient (Wildman–Crippen LogP) is 1.45. The smallest absolute Gasteiger partial charge is 0.00976 e. The Bertz CT molecular complexity index is 103. The van der Waals surface area contributed by atoms with E-state index in [0.717, 1.165) is 6.42 Å². The van der Waals surface area contributed by atoms with Gasteiger partial charge < -0.3 is 10.6 Å². The third-order valence-corrected chi connectivity index (χ3v) is 2.09. The van der Waals surface area contributed by atoms with Gasteiger partial charge in [-0.15, -0.1) is 0 Å². The molecule has 11 heavy (non-hydrogen) atoms. The minimum Gasteiger partial charge on any atom is -0.326 e. The Kier molecular flexibility index (Phi) is 4.04. The molecule has 0 spiro atoms. The van der Waals surface area contributed by atoms with Crippen LogP contribution in [0.15, 0.2) is 0 Å². The highest BCUT2D eigenvalue weighted by atomic mass is 15.1. The van der Waals surface area contributed by atoms with Crippen molar-refractivity contribution in [1.29, 1.82) is 0 Å². The summed E-state index contributed by atoms with van der Waals surface area (Å²) in [7, 11) is 4.21. The first-order valence-electron chi connectivity index (χ1n) is 4.28. The van der Waals surface area contributed by atoms with Gasteiger partial charge in [0.1, 0.15) is 0 Å². The van der Waals surface area contributed by atoms with Gasteiger partial charge in [0, 0.05) is 11.6 Å². The molecule has 0 fully saturated rings. The molecule has 68 valence electrons. The van der Waals surface area contributed by atoms with Crippen LogP contribution >= 0.6 is 0 Å². The summed E-state index contributed by atoms with van der Waals surface area (Å²) in [5.41, 5.74) is 5.86. The molecule has 0 saturated heterocycles. The van der Waals surface area contributed by atoms with E-state index in [1.807, 2.05) is 0 Å². The molecule has 0 heterocycles. The lowest BCUT2D eigenvalue weighted by Crippen LogP contribution is -2.35. The highest BCUT2D eigenvalue weighted by molar-refractivity contribution is 4.74. The summed E-state index contributed by atoms with van der Waals surface area (Å²) in [5, 5.41) is 0. The Balaban J connectivity index is 3.54. The van der Waals surface area contributed by atoms with Gasteiger partial charge in [-0.3, -0.25) is 0 Å². The molecule has 0 radical (unpaired) electrons. The van der Waals surface area contributed by atoms with Crippen molar-refractivity contribution in [2.45, 2.75) is 45.2 Å². The lowest BCUT2D eigenvalue weighted by atomic mass is 9.97. The van der Waals surface area contributed by atoms with Crippen LogP contribution in [-0.4, -0.2) is 30.6 Å². The Morgan fingerprint density at radius 2 is 1.82 bits per heavy atom. The van der Waals surface area contributed by atoms with Crippen molar-refractivity contribution in [2.24, 2.45) is 5.73 Å². The summed E-state index contributed by atoms with van der Waals surface area (Å²) in [5.74, 6) is 0. The van der Waals surface area contributed by atoms with E-state index in [1.54, 1.807) is 0 Å².